The van der Waals surface area contributed by atoms with Gasteiger partial charge in [-0.1, -0.05) is 6.07 Å². The molecular formula is C13H20N2O3S. The number of sulfonamides is 1. The van der Waals surface area contributed by atoms with E-state index in [4.69, 9.17) is 5.11 Å². The quantitative estimate of drug-likeness (QED) is 0.834. The van der Waals surface area contributed by atoms with E-state index in [2.05, 4.69) is 5.32 Å². The summed E-state index contributed by atoms with van der Waals surface area (Å²) >= 11 is 0. The van der Waals surface area contributed by atoms with Crippen LogP contribution in [0.1, 0.15) is 25.0 Å². The topological polar surface area (TPSA) is 69.6 Å². The van der Waals surface area contributed by atoms with Crippen molar-refractivity contribution in [1.82, 2.24) is 9.62 Å². The predicted octanol–water partition coefficient (Wildman–Crippen LogP) is 0.681. The molecule has 106 valence electrons. The third-order valence-electron chi connectivity index (χ3n) is 3.31. The summed E-state index contributed by atoms with van der Waals surface area (Å²) in [5.74, 6) is 0. The Balaban J connectivity index is 2.38. The van der Waals surface area contributed by atoms with Crippen molar-refractivity contribution < 1.29 is 13.5 Å². The molecule has 0 fully saturated rings. The molecule has 0 saturated heterocycles. The van der Waals surface area contributed by atoms with Gasteiger partial charge in [-0.2, -0.15) is 4.31 Å². The molecule has 0 unspecified atom stereocenters. The zero-order chi connectivity index (χ0) is 14.0. The lowest BCUT2D eigenvalue weighted by atomic mass is 10.1. The fourth-order valence-corrected chi connectivity index (χ4v) is 4.00. The Bertz CT molecular complexity index is 555. The highest BCUT2D eigenvalue weighted by molar-refractivity contribution is 7.89. The van der Waals surface area contributed by atoms with Gasteiger partial charge in [0.25, 0.3) is 0 Å². The molecule has 0 radical (unpaired) electrons. The smallest absolute Gasteiger partial charge is 0.243 e. The number of aliphatic hydroxyl groups excluding tert-OH is 1. The minimum atomic E-state index is -3.54. The molecule has 0 spiro atoms. The number of fused-ring (bicyclic) bond motifs is 1. The normalized spacial score (nSPS) is 15.2. The second-order valence-electron chi connectivity index (χ2n) is 4.97. The molecule has 1 aliphatic heterocycles. The Morgan fingerprint density at radius 1 is 1.32 bits per heavy atom. The van der Waals surface area contributed by atoms with Crippen LogP contribution in [0.2, 0.25) is 0 Å². The molecule has 1 aromatic rings. The molecular weight excluding hydrogens is 264 g/mol. The number of hydrogen-bond donors (Lipinski definition) is 2. The summed E-state index contributed by atoms with van der Waals surface area (Å²) in [4.78, 5) is 0.303. The fraction of sp³-hybridized carbons (Fsp3) is 0.538. The average Bonchev–Trinajstić information content (AvgIpc) is 2.82. The molecule has 1 aliphatic rings. The second kappa shape index (κ2) is 5.58. The van der Waals surface area contributed by atoms with E-state index in [1.54, 1.807) is 12.1 Å². The van der Waals surface area contributed by atoms with Gasteiger partial charge in [0.05, 0.1) is 11.5 Å². The molecule has 5 nitrogen and oxygen atoms in total. The molecule has 6 heteroatoms. The van der Waals surface area contributed by atoms with Gasteiger partial charge < -0.3 is 10.4 Å². The number of nitrogens with one attached hydrogen (secondary N) is 1. The lowest BCUT2D eigenvalue weighted by Crippen LogP contribution is -2.38. The molecule has 0 bridgehead atoms. The summed E-state index contributed by atoms with van der Waals surface area (Å²) in [6.07, 6.45) is 0. The van der Waals surface area contributed by atoms with Crippen molar-refractivity contribution in [2.75, 3.05) is 13.2 Å². The Morgan fingerprint density at radius 2 is 2.00 bits per heavy atom. The number of rotatable bonds is 5. The van der Waals surface area contributed by atoms with Gasteiger partial charge in [-0.3, -0.25) is 0 Å². The van der Waals surface area contributed by atoms with E-state index in [0.29, 0.717) is 11.4 Å². The van der Waals surface area contributed by atoms with Crippen LogP contribution in [0.3, 0.4) is 0 Å². The third-order valence-corrected chi connectivity index (χ3v) is 5.38. The largest absolute Gasteiger partial charge is 0.395 e. The first-order valence-electron chi connectivity index (χ1n) is 6.42. The van der Waals surface area contributed by atoms with Crippen molar-refractivity contribution in [2.24, 2.45) is 0 Å². The molecule has 0 atom stereocenters. The Hall–Kier alpha value is -0.950. The van der Waals surface area contributed by atoms with E-state index in [9.17, 15) is 8.42 Å². The molecule has 1 aromatic carbocycles. The van der Waals surface area contributed by atoms with Gasteiger partial charge in [0.15, 0.2) is 0 Å². The molecule has 2 rings (SSSR count). The Kier molecular flexibility index (Phi) is 4.25. The van der Waals surface area contributed by atoms with Crippen LogP contribution in [0.25, 0.3) is 0 Å². The Labute approximate surface area is 114 Å². The van der Waals surface area contributed by atoms with Crippen molar-refractivity contribution in [3.05, 3.63) is 29.3 Å². The van der Waals surface area contributed by atoms with Crippen LogP contribution in [-0.2, 0) is 23.1 Å². The highest BCUT2D eigenvalue weighted by atomic mass is 32.2. The number of aliphatic hydroxyl groups is 1. The monoisotopic (exact) mass is 284 g/mol. The van der Waals surface area contributed by atoms with Crippen molar-refractivity contribution in [3.8, 4) is 0 Å². The van der Waals surface area contributed by atoms with Crippen LogP contribution in [0.4, 0.5) is 0 Å². The predicted molar refractivity (Wildman–Crippen MR) is 73.1 cm³/mol. The summed E-state index contributed by atoms with van der Waals surface area (Å²) in [6, 6.07) is 5.06. The minimum absolute atomic E-state index is 0.120. The summed E-state index contributed by atoms with van der Waals surface area (Å²) in [6.45, 7) is 5.06. The minimum Gasteiger partial charge on any atom is -0.395 e. The summed E-state index contributed by atoms with van der Waals surface area (Å²) in [5.41, 5.74) is 2.19. The molecule has 2 N–H and O–H groups in total. The van der Waals surface area contributed by atoms with E-state index in [1.165, 1.54) is 4.31 Å². The maximum absolute atomic E-state index is 12.6. The van der Waals surface area contributed by atoms with Gasteiger partial charge in [-0.15, -0.1) is 0 Å². The number of benzene rings is 1. The molecule has 0 saturated carbocycles. The Morgan fingerprint density at radius 3 is 2.63 bits per heavy atom. The van der Waals surface area contributed by atoms with Crippen LogP contribution in [0, 0.1) is 0 Å². The van der Waals surface area contributed by atoms with E-state index >= 15 is 0 Å². The van der Waals surface area contributed by atoms with Crippen LogP contribution in [-0.4, -0.2) is 37.0 Å². The lowest BCUT2D eigenvalue weighted by molar-refractivity contribution is 0.236. The van der Waals surface area contributed by atoms with E-state index < -0.39 is 10.0 Å². The second-order valence-corrected chi connectivity index (χ2v) is 6.86. The maximum Gasteiger partial charge on any atom is 0.243 e. The van der Waals surface area contributed by atoms with E-state index in [1.807, 2.05) is 19.9 Å². The summed E-state index contributed by atoms with van der Waals surface area (Å²) in [7, 11) is -3.54. The van der Waals surface area contributed by atoms with Crippen LogP contribution < -0.4 is 5.32 Å². The molecule has 19 heavy (non-hydrogen) atoms. The average molecular weight is 284 g/mol. The first-order valence-corrected chi connectivity index (χ1v) is 7.86. The standard InChI is InChI=1S/C13H20N2O3S/c1-10(2)15(5-6-16)19(17,18)13-4-3-11-8-14-9-12(11)7-13/h3-4,7,10,14,16H,5-6,8-9H2,1-2H3. The molecule has 1 heterocycles. The van der Waals surface area contributed by atoms with Gasteiger partial charge in [-0.25, -0.2) is 8.42 Å². The van der Waals surface area contributed by atoms with E-state index in [-0.39, 0.29) is 19.2 Å². The molecule has 0 aliphatic carbocycles. The zero-order valence-corrected chi connectivity index (χ0v) is 12.1. The van der Waals surface area contributed by atoms with Gasteiger partial charge in [0.2, 0.25) is 10.0 Å². The SMILES string of the molecule is CC(C)N(CCO)S(=O)(=O)c1ccc2c(c1)CNC2. The summed E-state index contributed by atoms with van der Waals surface area (Å²) in [5, 5.41) is 12.2. The molecule has 0 aromatic heterocycles. The summed E-state index contributed by atoms with van der Waals surface area (Å²) < 4.78 is 26.4. The highest BCUT2D eigenvalue weighted by Crippen LogP contribution is 2.23. The first kappa shape index (κ1) is 14.5. The number of nitrogens with zero attached hydrogens (tertiary/aromatic N) is 1. The van der Waals surface area contributed by atoms with Crippen LogP contribution >= 0.6 is 0 Å². The van der Waals surface area contributed by atoms with Gasteiger partial charge >= 0.3 is 0 Å². The van der Waals surface area contributed by atoms with Crippen LogP contribution in [0.15, 0.2) is 23.1 Å². The van der Waals surface area contributed by atoms with Crippen molar-refractivity contribution in [2.45, 2.75) is 37.9 Å². The van der Waals surface area contributed by atoms with E-state index in [0.717, 1.165) is 17.7 Å². The van der Waals surface area contributed by atoms with Gasteiger partial charge in [0.1, 0.15) is 0 Å². The van der Waals surface area contributed by atoms with Crippen molar-refractivity contribution in [3.63, 3.8) is 0 Å². The van der Waals surface area contributed by atoms with Crippen molar-refractivity contribution >= 4 is 10.0 Å². The first-order chi connectivity index (χ1) is 8.96. The third kappa shape index (κ3) is 2.81. The fourth-order valence-electron chi connectivity index (χ4n) is 2.32. The zero-order valence-electron chi connectivity index (χ0n) is 11.3. The molecule has 0 amide bonds. The van der Waals surface area contributed by atoms with Crippen LogP contribution in [0.5, 0.6) is 0 Å². The van der Waals surface area contributed by atoms with Gasteiger partial charge in [-0.05, 0) is 37.1 Å². The van der Waals surface area contributed by atoms with Crippen molar-refractivity contribution in [1.29, 1.82) is 0 Å². The lowest BCUT2D eigenvalue weighted by Gasteiger charge is -2.25. The van der Waals surface area contributed by atoms with Gasteiger partial charge in [0, 0.05) is 25.7 Å². The number of hydrogen-bond acceptors (Lipinski definition) is 4. The highest BCUT2D eigenvalue weighted by Gasteiger charge is 2.27. The maximum atomic E-state index is 12.6.